The molecule has 0 fully saturated rings. The molecule has 0 radical (unpaired) electrons. The predicted molar refractivity (Wildman–Crippen MR) is 110 cm³/mol. The van der Waals surface area contributed by atoms with Crippen molar-refractivity contribution in [3.8, 4) is 5.75 Å². The van der Waals surface area contributed by atoms with Crippen LogP contribution in [0.25, 0.3) is 0 Å². The van der Waals surface area contributed by atoms with Crippen LogP contribution in [0, 0.1) is 6.92 Å². The number of thioether (sulfide) groups is 1. The second kappa shape index (κ2) is 9.89. The van der Waals surface area contributed by atoms with Gasteiger partial charge in [0.05, 0.1) is 18.4 Å². The van der Waals surface area contributed by atoms with Gasteiger partial charge in [-0.1, -0.05) is 37.6 Å². The summed E-state index contributed by atoms with van der Waals surface area (Å²) in [6.07, 6.45) is 1.59. The van der Waals surface area contributed by atoms with Crippen LogP contribution in [-0.4, -0.2) is 18.3 Å². The third-order valence-corrected chi connectivity index (χ3v) is 5.93. The van der Waals surface area contributed by atoms with Gasteiger partial charge in [-0.15, -0.1) is 11.8 Å². The highest BCUT2D eigenvalue weighted by Crippen LogP contribution is 2.29. The predicted octanol–water partition coefficient (Wildman–Crippen LogP) is 5.80. The Kier molecular flexibility index (Phi) is 7.85. The zero-order valence-corrected chi connectivity index (χ0v) is 17.3. The van der Waals surface area contributed by atoms with Crippen LogP contribution in [0.15, 0.2) is 47.4 Å². The van der Waals surface area contributed by atoms with Crippen LogP contribution < -0.4 is 10.1 Å². The van der Waals surface area contributed by atoms with Gasteiger partial charge in [-0.2, -0.15) is 0 Å². The summed E-state index contributed by atoms with van der Waals surface area (Å²) in [5.41, 5.74) is 2.17. The molecule has 2 rings (SSSR count). The molecule has 0 heterocycles. The SMILES string of the molecule is CC[C@@H](Sc1ccc(Cl)cc1)C(=O)N[C@H](CC)c1ccc(OC)c(C)c1. The highest BCUT2D eigenvalue weighted by Gasteiger charge is 2.21. The van der Waals surface area contributed by atoms with Crippen molar-refractivity contribution in [1.29, 1.82) is 0 Å². The summed E-state index contributed by atoms with van der Waals surface area (Å²) < 4.78 is 5.32. The Hall–Kier alpha value is -1.65. The maximum Gasteiger partial charge on any atom is 0.233 e. The molecule has 2 aromatic rings. The normalized spacial score (nSPS) is 13.1. The van der Waals surface area contributed by atoms with Gasteiger partial charge in [0.1, 0.15) is 5.75 Å². The van der Waals surface area contributed by atoms with Crippen molar-refractivity contribution in [3.63, 3.8) is 0 Å². The first-order valence-corrected chi connectivity index (χ1v) is 10.1. The highest BCUT2D eigenvalue weighted by molar-refractivity contribution is 8.00. The zero-order chi connectivity index (χ0) is 19.1. The number of aryl methyl sites for hydroxylation is 1. The number of rotatable bonds is 8. The summed E-state index contributed by atoms with van der Waals surface area (Å²) >= 11 is 7.51. The van der Waals surface area contributed by atoms with Gasteiger partial charge < -0.3 is 10.1 Å². The number of carbonyl (C=O) groups is 1. The van der Waals surface area contributed by atoms with Gasteiger partial charge in [0.15, 0.2) is 0 Å². The molecule has 0 unspecified atom stereocenters. The van der Waals surface area contributed by atoms with Gasteiger partial charge in [-0.05, 0) is 61.2 Å². The van der Waals surface area contributed by atoms with Gasteiger partial charge in [0.25, 0.3) is 0 Å². The van der Waals surface area contributed by atoms with E-state index in [1.807, 2.05) is 50.2 Å². The van der Waals surface area contributed by atoms with E-state index >= 15 is 0 Å². The van der Waals surface area contributed by atoms with Crippen molar-refractivity contribution in [1.82, 2.24) is 5.32 Å². The molecule has 0 aliphatic rings. The number of methoxy groups -OCH3 is 1. The topological polar surface area (TPSA) is 38.3 Å². The molecular formula is C21H26ClNO2S. The summed E-state index contributed by atoms with van der Waals surface area (Å²) in [5, 5.41) is 3.77. The van der Waals surface area contributed by atoms with Crippen molar-refractivity contribution >= 4 is 29.3 Å². The quantitative estimate of drug-likeness (QED) is 0.578. The van der Waals surface area contributed by atoms with Crippen molar-refractivity contribution in [2.24, 2.45) is 0 Å². The minimum absolute atomic E-state index is 0.00743. The summed E-state index contributed by atoms with van der Waals surface area (Å²) in [6, 6.07) is 13.7. The molecule has 0 aliphatic carbocycles. The Morgan fingerprint density at radius 2 is 1.85 bits per heavy atom. The molecule has 0 aliphatic heterocycles. The van der Waals surface area contributed by atoms with E-state index in [1.54, 1.807) is 18.9 Å². The fourth-order valence-corrected chi connectivity index (χ4v) is 3.89. The Morgan fingerprint density at radius 3 is 2.38 bits per heavy atom. The van der Waals surface area contributed by atoms with E-state index in [9.17, 15) is 4.79 Å². The fourth-order valence-electron chi connectivity index (χ4n) is 2.80. The first-order chi connectivity index (χ1) is 12.5. The van der Waals surface area contributed by atoms with E-state index in [0.29, 0.717) is 5.02 Å². The Balaban J connectivity index is 2.08. The van der Waals surface area contributed by atoms with E-state index in [2.05, 4.69) is 18.3 Å². The molecule has 2 aromatic carbocycles. The number of nitrogens with one attached hydrogen (secondary N) is 1. The summed E-state index contributed by atoms with van der Waals surface area (Å²) in [7, 11) is 1.67. The molecule has 3 nitrogen and oxygen atoms in total. The largest absolute Gasteiger partial charge is 0.496 e. The van der Waals surface area contributed by atoms with Crippen LogP contribution in [0.1, 0.15) is 43.9 Å². The molecule has 2 atom stereocenters. The molecule has 1 N–H and O–H groups in total. The van der Waals surface area contributed by atoms with Gasteiger partial charge in [0.2, 0.25) is 5.91 Å². The van der Waals surface area contributed by atoms with E-state index in [0.717, 1.165) is 34.6 Å². The molecule has 140 valence electrons. The van der Waals surface area contributed by atoms with Gasteiger partial charge in [-0.25, -0.2) is 0 Å². The first kappa shape index (κ1) is 20.7. The number of hydrogen-bond acceptors (Lipinski definition) is 3. The molecule has 0 bridgehead atoms. The average molecular weight is 392 g/mol. The minimum Gasteiger partial charge on any atom is -0.496 e. The monoisotopic (exact) mass is 391 g/mol. The molecular weight excluding hydrogens is 366 g/mol. The standard InChI is InChI=1S/C21H26ClNO2S/c1-5-18(15-7-12-19(25-4)14(3)13-15)23-21(24)20(6-2)26-17-10-8-16(22)9-11-17/h7-13,18,20H,5-6H2,1-4H3,(H,23,24)/t18-,20-/m1/s1. The van der Waals surface area contributed by atoms with Crippen LogP contribution in [0.4, 0.5) is 0 Å². The number of hydrogen-bond donors (Lipinski definition) is 1. The Labute approximate surface area is 165 Å². The van der Waals surface area contributed by atoms with Crippen molar-refractivity contribution in [2.75, 3.05) is 7.11 Å². The third-order valence-electron chi connectivity index (χ3n) is 4.30. The highest BCUT2D eigenvalue weighted by atomic mass is 35.5. The van der Waals surface area contributed by atoms with E-state index in [-0.39, 0.29) is 17.2 Å². The lowest BCUT2D eigenvalue weighted by Gasteiger charge is -2.22. The van der Waals surface area contributed by atoms with Crippen molar-refractivity contribution < 1.29 is 9.53 Å². The number of halogens is 1. The lowest BCUT2D eigenvalue weighted by molar-refractivity contribution is -0.121. The zero-order valence-electron chi connectivity index (χ0n) is 15.7. The Morgan fingerprint density at radius 1 is 1.15 bits per heavy atom. The number of benzene rings is 2. The number of ether oxygens (including phenoxy) is 1. The van der Waals surface area contributed by atoms with Crippen LogP contribution in [0.2, 0.25) is 5.02 Å². The molecule has 26 heavy (non-hydrogen) atoms. The molecule has 0 aromatic heterocycles. The third kappa shape index (κ3) is 5.42. The molecule has 1 amide bonds. The summed E-state index contributed by atoms with van der Waals surface area (Å²) in [4.78, 5) is 13.9. The van der Waals surface area contributed by atoms with Crippen LogP contribution in [0.5, 0.6) is 5.75 Å². The lowest BCUT2D eigenvalue weighted by Crippen LogP contribution is -2.35. The average Bonchev–Trinajstić information content (AvgIpc) is 2.65. The van der Waals surface area contributed by atoms with Crippen LogP contribution in [0.3, 0.4) is 0 Å². The maximum atomic E-state index is 12.8. The second-order valence-electron chi connectivity index (χ2n) is 6.17. The number of amides is 1. The second-order valence-corrected chi connectivity index (χ2v) is 7.88. The molecule has 0 saturated heterocycles. The Bertz CT molecular complexity index is 733. The summed E-state index contributed by atoms with van der Waals surface area (Å²) in [6.45, 7) is 6.13. The molecule has 0 spiro atoms. The smallest absolute Gasteiger partial charge is 0.233 e. The van der Waals surface area contributed by atoms with E-state index in [4.69, 9.17) is 16.3 Å². The summed E-state index contributed by atoms with van der Waals surface area (Å²) in [5.74, 6) is 0.924. The first-order valence-electron chi connectivity index (χ1n) is 8.85. The lowest BCUT2D eigenvalue weighted by atomic mass is 10.0. The van der Waals surface area contributed by atoms with Crippen LogP contribution >= 0.6 is 23.4 Å². The fraction of sp³-hybridized carbons (Fsp3) is 0.381. The number of carbonyl (C=O) groups excluding carboxylic acids is 1. The van der Waals surface area contributed by atoms with Gasteiger partial charge in [0, 0.05) is 9.92 Å². The molecule has 5 heteroatoms. The van der Waals surface area contributed by atoms with E-state index in [1.165, 1.54) is 0 Å². The van der Waals surface area contributed by atoms with Crippen molar-refractivity contribution in [3.05, 3.63) is 58.6 Å². The van der Waals surface area contributed by atoms with Gasteiger partial charge >= 0.3 is 0 Å². The van der Waals surface area contributed by atoms with Gasteiger partial charge in [-0.3, -0.25) is 4.79 Å². The van der Waals surface area contributed by atoms with E-state index < -0.39 is 0 Å². The van der Waals surface area contributed by atoms with Crippen LogP contribution in [-0.2, 0) is 4.79 Å². The van der Waals surface area contributed by atoms with Crippen molar-refractivity contribution in [2.45, 2.75) is 49.8 Å². The minimum atomic E-state index is -0.135. The maximum absolute atomic E-state index is 12.8. The molecule has 0 saturated carbocycles.